The Labute approximate surface area is 145 Å². The molecule has 6 nitrogen and oxygen atoms in total. The topological polar surface area (TPSA) is 96.3 Å². The fraction of sp³-hybridized carbons (Fsp3) is 0.211. The molecule has 1 aromatic carbocycles. The first kappa shape index (κ1) is 15.4. The third kappa shape index (κ3) is 2.65. The molecule has 3 aromatic heterocycles. The molecule has 0 radical (unpaired) electrons. The minimum Gasteiger partial charge on any atom is -0.383 e. The van der Waals surface area contributed by atoms with Gasteiger partial charge in [-0.2, -0.15) is 15.4 Å². The number of pyridine rings is 1. The van der Waals surface area contributed by atoms with Crippen LogP contribution in [-0.2, 0) is 0 Å². The van der Waals surface area contributed by atoms with E-state index in [-0.39, 0.29) is 5.92 Å². The second-order valence-corrected chi connectivity index (χ2v) is 6.62. The van der Waals surface area contributed by atoms with E-state index >= 15 is 0 Å². The lowest BCUT2D eigenvalue weighted by Crippen LogP contribution is -1.98. The summed E-state index contributed by atoms with van der Waals surface area (Å²) in [4.78, 5) is 7.73. The summed E-state index contributed by atoms with van der Waals surface area (Å²) in [5.74, 6) is 0.703. The predicted molar refractivity (Wildman–Crippen MR) is 100 cm³/mol. The van der Waals surface area contributed by atoms with Crippen molar-refractivity contribution in [2.24, 2.45) is 0 Å². The first-order valence-corrected chi connectivity index (χ1v) is 8.29. The molecule has 0 spiro atoms. The van der Waals surface area contributed by atoms with Crippen LogP contribution >= 0.6 is 0 Å². The number of nitrogens with two attached hydrogens (primary N) is 1. The number of nitrogens with one attached hydrogen (secondary N) is 2. The van der Waals surface area contributed by atoms with Gasteiger partial charge in [0.15, 0.2) is 0 Å². The van der Waals surface area contributed by atoms with E-state index in [1.54, 1.807) is 6.20 Å². The summed E-state index contributed by atoms with van der Waals surface area (Å²) in [6.45, 7) is 6.22. The van der Waals surface area contributed by atoms with Crippen LogP contribution in [0.1, 0.15) is 31.2 Å². The van der Waals surface area contributed by atoms with Gasteiger partial charge >= 0.3 is 0 Å². The van der Waals surface area contributed by atoms with Gasteiger partial charge < -0.3 is 10.7 Å². The van der Waals surface area contributed by atoms with E-state index in [1.807, 2.05) is 6.07 Å². The lowest BCUT2D eigenvalue weighted by atomic mass is 10.00. The Kier molecular flexibility index (Phi) is 3.53. The molecular weight excluding hydrogens is 312 g/mol. The third-order valence-electron chi connectivity index (χ3n) is 4.38. The Bertz CT molecular complexity index is 1060. The molecule has 0 unspecified atom stereocenters. The molecule has 0 bridgehead atoms. The number of aryl methyl sites for hydroxylation is 1. The van der Waals surface area contributed by atoms with Crippen molar-refractivity contribution in [2.75, 3.05) is 5.73 Å². The zero-order valence-electron chi connectivity index (χ0n) is 14.5. The molecule has 0 saturated carbocycles. The standard InChI is InChI=1S/C19H20N6/c1-10(2)17-18(24-25-23-17)15-8-14(9-21-19(15)20)12-4-5-16-13(7-12)6-11(3)22-16/h4-10,22H,1-3H3,(H2,20,21)(H,23,24,25). The van der Waals surface area contributed by atoms with Gasteiger partial charge in [0.2, 0.25) is 0 Å². The molecule has 0 amide bonds. The summed E-state index contributed by atoms with van der Waals surface area (Å²) in [5, 5.41) is 12.4. The molecule has 0 saturated heterocycles. The Morgan fingerprint density at radius 3 is 2.68 bits per heavy atom. The highest BCUT2D eigenvalue weighted by atomic mass is 15.3. The van der Waals surface area contributed by atoms with Gasteiger partial charge in [0.25, 0.3) is 0 Å². The number of aromatic amines is 2. The van der Waals surface area contributed by atoms with E-state index in [4.69, 9.17) is 5.73 Å². The van der Waals surface area contributed by atoms with Crippen LogP contribution in [0.4, 0.5) is 5.82 Å². The summed E-state index contributed by atoms with van der Waals surface area (Å²) >= 11 is 0. The maximum Gasteiger partial charge on any atom is 0.132 e. The predicted octanol–water partition coefficient (Wildman–Crippen LogP) is 4.03. The first-order valence-electron chi connectivity index (χ1n) is 8.29. The highest BCUT2D eigenvalue weighted by Gasteiger charge is 2.17. The van der Waals surface area contributed by atoms with Gasteiger partial charge in [-0.3, -0.25) is 0 Å². The molecular formula is C19H20N6. The van der Waals surface area contributed by atoms with Gasteiger partial charge in [-0.1, -0.05) is 19.9 Å². The smallest absolute Gasteiger partial charge is 0.132 e. The Balaban J connectivity index is 1.84. The average molecular weight is 332 g/mol. The molecule has 0 aliphatic rings. The number of hydrogen-bond donors (Lipinski definition) is 3. The van der Waals surface area contributed by atoms with Crippen LogP contribution in [0.2, 0.25) is 0 Å². The lowest BCUT2D eigenvalue weighted by molar-refractivity contribution is 0.805. The summed E-state index contributed by atoms with van der Waals surface area (Å²) < 4.78 is 0. The fourth-order valence-electron chi connectivity index (χ4n) is 3.12. The Hall–Kier alpha value is -3.15. The number of rotatable bonds is 3. The first-order chi connectivity index (χ1) is 12.0. The molecule has 4 aromatic rings. The van der Waals surface area contributed by atoms with E-state index in [9.17, 15) is 0 Å². The maximum absolute atomic E-state index is 6.12. The van der Waals surface area contributed by atoms with Crippen molar-refractivity contribution >= 4 is 16.7 Å². The second-order valence-electron chi connectivity index (χ2n) is 6.62. The number of hydrogen-bond acceptors (Lipinski definition) is 4. The quantitative estimate of drug-likeness (QED) is 0.528. The van der Waals surface area contributed by atoms with Crippen LogP contribution < -0.4 is 5.73 Å². The molecule has 4 N–H and O–H groups in total. The van der Waals surface area contributed by atoms with Crippen LogP contribution in [0.3, 0.4) is 0 Å². The second kappa shape index (κ2) is 5.73. The molecule has 3 heterocycles. The number of H-pyrrole nitrogens is 2. The molecule has 6 heteroatoms. The summed E-state index contributed by atoms with van der Waals surface area (Å²) in [7, 11) is 0. The van der Waals surface area contributed by atoms with E-state index < -0.39 is 0 Å². The van der Waals surface area contributed by atoms with Crippen molar-refractivity contribution in [1.29, 1.82) is 0 Å². The third-order valence-corrected chi connectivity index (χ3v) is 4.38. The molecule has 25 heavy (non-hydrogen) atoms. The van der Waals surface area contributed by atoms with Crippen molar-refractivity contribution in [3.63, 3.8) is 0 Å². The number of aromatic nitrogens is 5. The van der Waals surface area contributed by atoms with Crippen molar-refractivity contribution in [2.45, 2.75) is 26.7 Å². The molecule has 4 rings (SSSR count). The van der Waals surface area contributed by atoms with Gasteiger partial charge in [0.1, 0.15) is 11.5 Å². The van der Waals surface area contributed by atoms with Crippen LogP contribution in [0.25, 0.3) is 33.3 Å². The van der Waals surface area contributed by atoms with Gasteiger partial charge in [-0.15, -0.1) is 0 Å². The van der Waals surface area contributed by atoms with Crippen LogP contribution in [0.15, 0.2) is 36.5 Å². The van der Waals surface area contributed by atoms with Crippen LogP contribution in [0, 0.1) is 6.92 Å². The molecule has 126 valence electrons. The van der Waals surface area contributed by atoms with E-state index in [1.165, 1.54) is 5.39 Å². The highest BCUT2D eigenvalue weighted by Crippen LogP contribution is 2.33. The SMILES string of the molecule is Cc1cc2cc(-c3cnc(N)c(-c4n[nH]nc4C(C)C)c3)ccc2[nH]1. The van der Waals surface area contributed by atoms with Crippen molar-refractivity contribution < 1.29 is 0 Å². The molecule has 0 aliphatic heterocycles. The van der Waals surface area contributed by atoms with E-state index in [0.717, 1.165) is 39.3 Å². The van der Waals surface area contributed by atoms with Crippen molar-refractivity contribution in [1.82, 2.24) is 25.4 Å². The van der Waals surface area contributed by atoms with Crippen LogP contribution in [-0.4, -0.2) is 25.4 Å². The van der Waals surface area contributed by atoms with Gasteiger partial charge in [-0.05, 0) is 42.7 Å². The number of anilines is 1. The summed E-state index contributed by atoms with van der Waals surface area (Å²) in [5.41, 5.74) is 13.0. The highest BCUT2D eigenvalue weighted by molar-refractivity contribution is 5.87. The normalized spacial score (nSPS) is 11.5. The fourth-order valence-corrected chi connectivity index (χ4v) is 3.12. The van der Waals surface area contributed by atoms with E-state index in [2.05, 4.69) is 70.4 Å². The minimum atomic E-state index is 0.246. The Morgan fingerprint density at radius 2 is 1.88 bits per heavy atom. The average Bonchev–Trinajstić information content (AvgIpc) is 3.20. The van der Waals surface area contributed by atoms with Gasteiger partial charge in [0, 0.05) is 33.9 Å². The van der Waals surface area contributed by atoms with Crippen molar-refractivity contribution in [3.8, 4) is 22.4 Å². The number of nitrogens with zero attached hydrogens (tertiary/aromatic N) is 3. The molecule has 0 aliphatic carbocycles. The summed E-state index contributed by atoms with van der Waals surface area (Å²) in [6, 6.07) is 10.5. The molecule has 0 fully saturated rings. The van der Waals surface area contributed by atoms with Gasteiger partial charge in [0.05, 0.1) is 5.69 Å². The van der Waals surface area contributed by atoms with Gasteiger partial charge in [-0.25, -0.2) is 4.98 Å². The van der Waals surface area contributed by atoms with E-state index in [0.29, 0.717) is 5.82 Å². The largest absolute Gasteiger partial charge is 0.383 e. The zero-order valence-corrected chi connectivity index (χ0v) is 14.5. The zero-order chi connectivity index (χ0) is 17.6. The lowest BCUT2D eigenvalue weighted by Gasteiger charge is -2.09. The number of benzene rings is 1. The number of fused-ring (bicyclic) bond motifs is 1. The van der Waals surface area contributed by atoms with Crippen molar-refractivity contribution in [3.05, 3.63) is 47.9 Å². The van der Waals surface area contributed by atoms with Crippen LogP contribution in [0.5, 0.6) is 0 Å². The summed E-state index contributed by atoms with van der Waals surface area (Å²) in [6.07, 6.45) is 1.80. The minimum absolute atomic E-state index is 0.246. The Morgan fingerprint density at radius 1 is 1.04 bits per heavy atom. The number of nitrogen functional groups attached to an aromatic ring is 1. The molecule has 0 atom stereocenters. The monoisotopic (exact) mass is 332 g/mol. The maximum atomic E-state index is 6.12.